The van der Waals surface area contributed by atoms with Gasteiger partial charge in [0.2, 0.25) is 0 Å². The Morgan fingerprint density at radius 2 is 2.05 bits per heavy atom. The molecule has 0 unspecified atom stereocenters. The van der Waals surface area contributed by atoms with E-state index in [0.29, 0.717) is 0 Å². The first kappa shape index (κ1) is 16.1. The van der Waals surface area contributed by atoms with E-state index in [1.165, 1.54) is 24.3 Å². The summed E-state index contributed by atoms with van der Waals surface area (Å²) in [4.78, 5) is 33.0. The third kappa shape index (κ3) is 5.68. The molecule has 0 aliphatic carbocycles. The number of ether oxygens (including phenoxy) is 1. The summed E-state index contributed by atoms with van der Waals surface area (Å²) >= 11 is 0. The van der Waals surface area contributed by atoms with Gasteiger partial charge in [-0.3, -0.25) is 14.9 Å². The molecule has 0 atom stereocenters. The number of anilines is 1. The maximum Gasteiger partial charge on any atom is 0.331 e. The van der Waals surface area contributed by atoms with Crippen molar-refractivity contribution in [2.75, 3.05) is 11.9 Å². The summed E-state index contributed by atoms with van der Waals surface area (Å²) in [6.07, 6.45) is 6.00. The molecule has 7 nitrogen and oxygen atoms in total. The summed E-state index contributed by atoms with van der Waals surface area (Å²) < 4.78 is 4.68. The van der Waals surface area contributed by atoms with E-state index < -0.39 is 23.4 Å². The molecular weight excluding hydrogens is 276 g/mol. The van der Waals surface area contributed by atoms with Crippen LogP contribution in [0.25, 0.3) is 0 Å². The van der Waals surface area contributed by atoms with Gasteiger partial charge in [0.15, 0.2) is 6.61 Å². The lowest BCUT2D eigenvalue weighted by molar-refractivity contribution is -0.383. The van der Waals surface area contributed by atoms with Gasteiger partial charge in [-0.25, -0.2) is 4.79 Å². The lowest BCUT2D eigenvalue weighted by Crippen LogP contribution is -2.20. The van der Waals surface area contributed by atoms with E-state index in [0.717, 1.165) is 6.08 Å². The second-order valence-corrected chi connectivity index (χ2v) is 3.82. The van der Waals surface area contributed by atoms with Crippen molar-refractivity contribution in [3.63, 3.8) is 0 Å². The number of hydrogen-bond donors (Lipinski definition) is 1. The largest absolute Gasteiger partial charge is 0.452 e. The Morgan fingerprint density at radius 3 is 2.71 bits per heavy atom. The summed E-state index contributed by atoms with van der Waals surface area (Å²) in [7, 11) is 0. The van der Waals surface area contributed by atoms with E-state index in [1.807, 2.05) is 0 Å². The number of rotatable bonds is 6. The molecule has 0 heterocycles. The fourth-order valence-corrected chi connectivity index (χ4v) is 1.35. The van der Waals surface area contributed by atoms with Crippen molar-refractivity contribution in [1.29, 1.82) is 0 Å². The predicted molar refractivity (Wildman–Crippen MR) is 76.6 cm³/mol. The van der Waals surface area contributed by atoms with E-state index in [9.17, 15) is 19.7 Å². The van der Waals surface area contributed by atoms with Crippen LogP contribution in [0.4, 0.5) is 11.4 Å². The number of para-hydroxylation sites is 2. The average molecular weight is 290 g/mol. The van der Waals surface area contributed by atoms with Gasteiger partial charge in [0.05, 0.1) is 4.92 Å². The number of hydrogen-bond acceptors (Lipinski definition) is 5. The number of nitro benzene ring substituents is 1. The van der Waals surface area contributed by atoms with Gasteiger partial charge in [-0.1, -0.05) is 30.4 Å². The fourth-order valence-electron chi connectivity index (χ4n) is 1.35. The molecule has 110 valence electrons. The smallest absolute Gasteiger partial charge is 0.331 e. The van der Waals surface area contributed by atoms with Crippen LogP contribution in [-0.4, -0.2) is 23.4 Å². The van der Waals surface area contributed by atoms with E-state index in [4.69, 9.17) is 0 Å². The lowest BCUT2D eigenvalue weighted by Gasteiger charge is -2.05. The van der Waals surface area contributed by atoms with E-state index in [2.05, 4.69) is 10.1 Å². The van der Waals surface area contributed by atoms with Crippen LogP contribution in [0.15, 0.2) is 48.6 Å². The summed E-state index contributed by atoms with van der Waals surface area (Å²) in [6, 6.07) is 5.69. The Labute approximate surface area is 121 Å². The number of benzene rings is 1. The second-order valence-electron chi connectivity index (χ2n) is 3.82. The minimum Gasteiger partial charge on any atom is -0.452 e. The summed E-state index contributed by atoms with van der Waals surface area (Å²) in [5.74, 6) is -1.33. The van der Waals surface area contributed by atoms with Crippen LogP contribution in [-0.2, 0) is 14.3 Å². The molecule has 0 saturated carbocycles. The first-order valence-corrected chi connectivity index (χ1v) is 6.04. The third-order valence-corrected chi connectivity index (χ3v) is 2.26. The molecule has 0 aliphatic heterocycles. The number of nitrogens with zero attached hydrogens (tertiary/aromatic N) is 1. The Kier molecular flexibility index (Phi) is 6.33. The van der Waals surface area contributed by atoms with Crippen LogP contribution >= 0.6 is 0 Å². The highest BCUT2D eigenvalue weighted by Crippen LogP contribution is 2.22. The van der Waals surface area contributed by atoms with Crippen molar-refractivity contribution in [2.24, 2.45) is 0 Å². The van der Waals surface area contributed by atoms with Gasteiger partial charge in [0.25, 0.3) is 11.6 Å². The Hall–Kier alpha value is -2.96. The van der Waals surface area contributed by atoms with Crippen LogP contribution in [0, 0.1) is 10.1 Å². The fraction of sp³-hybridized carbons (Fsp3) is 0.143. The maximum atomic E-state index is 11.6. The molecule has 0 spiro atoms. The number of nitrogens with one attached hydrogen (secondary N) is 1. The molecule has 7 heteroatoms. The minimum atomic E-state index is -0.675. The normalized spacial score (nSPS) is 10.7. The molecule has 1 rings (SSSR count). The Balaban J connectivity index is 2.55. The predicted octanol–water partition coefficient (Wildman–Crippen LogP) is 2.21. The zero-order valence-electron chi connectivity index (χ0n) is 11.3. The van der Waals surface area contributed by atoms with Gasteiger partial charge < -0.3 is 10.1 Å². The molecule has 21 heavy (non-hydrogen) atoms. The number of nitro groups is 1. The molecule has 0 radical (unpaired) electrons. The number of carbonyl (C=O) groups is 2. The van der Waals surface area contributed by atoms with Crippen LogP contribution < -0.4 is 5.32 Å². The standard InChI is InChI=1S/C14H14N2O5/c1-2-3-4-9-14(18)21-10-13(17)15-11-7-5-6-8-12(11)16(19)20/h2-9H,10H2,1H3,(H,15,17)/b3-2+,9-4+. The Morgan fingerprint density at radius 1 is 1.33 bits per heavy atom. The highest BCUT2D eigenvalue weighted by Gasteiger charge is 2.15. The SMILES string of the molecule is C/C=C/C=C/C(=O)OCC(=O)Nc1ccccc1[N+](=O)[O-]. The number of allylic oxidation sites excluding steroid dienone is 3. The summed E-state index contributed by atoms with van der Waals surface area (Å²) in [6.45, 7) is 1.26. The van der Waals surface area contributed by atoms with Crippen molar-refractivity contribution in [3.8, 4) is 0 Å². The monoisotopic (exact) mass is 290 g/mol. The molecule has 1 N–H and O–H groups in total. The first-order chi connectivity index (χ1) is 10.0. The molecule has 1 aromatic rings. The topological polar surface area (TPSA) is 98.5 Å². The number of carbonyl (C=O) groups excluding carboxylic acids is 2. The lowest BCUT2D eigenvalue weighted by atomic mass is 10.2. The summed E-state index contributed by atoms with van der Waals surface area (Å²) in [5, 5.41) is 13.1. The van der Waals surface area contributed by atoms with Crippen molar-refractivity contribution in [2.45, 2.75) is 6.92 Å². The molecule has 0 saturated heterocycles. The van der Waals surface area contributed by atoms with Crippen LogP contribution in [0.2, 0.25) is 0 Å². The average Bonchev–Trinajstić information content (AvgIpc) is 2.46. The minimum absolute atomic E-state index is 0.0491. The van der Waals surface area contributed by atoms with Gasteiger partial charge >= 0.3 is 5.97 Å². The molecule has 0 bridgehead atoms. The highest BCUT2D eigenvalue weighted by molar-refractivity contribution is 5.95. The Bertz CT molecular complexity index is 593. The third-order valence-electron chi connectivity index (χ3n) is 2.26. The van der Waals surface area contributed by atoms with Gasteiger partial charge in [-0.2, -0.15) is 0 Å². The van der Waals surface area contributed by atoms with Crippen molar-refractivity contribution < 1.29 is 19.2 Å². The molecular formula is C14H14N2O5. The quantitative estimate of drug-likeness (QED) is 0.285. The first-order valence-electron chi connectivity index (χ1n) is 6.04. The van der Waals surface area contributed by atoms with Crippen molar-refractivity contribution >= 4 is 23.3 Å². The van der Waals surface area contributed by atoms with Crippen LogP contribution in [0.3, 0.4) is 0 Å². The second kappa shape index (κ2) is 8.26. The summed E-state index contributed by atoms with van der Waals surface area (Å²) in [5.41, 5.74) is -0.182. The highest BCUT2D eigenvalue weighted by atomic mass is 16.6. The van der Waals surface area contributed by atoms with Gasteiger partial charge in [0, 0.05) is 12.1 Å². The van der Waals surface area contributed by atoms with E-state index in [1.54, 1.807) is 25.1 Å². The maximum absolute atomic E-state index is 11.6. The zero-order valence-corrected chi connectivity index (χ0v) is 11.3. The molecule has 0 fully saturated rings. The van der Waals surface area contributed by atoms with Gasteiger partial charge in [0.1, 0.15) is 5.69 Å². The zero-order chi connectivity index (χ0) is 15.7. The number of esters is 1. The van der Waals surface area contributed by atoms with Crippen molar-refractivity contribution in [3.05, 3.63) is 58.7 Å². The van der Waals surface area contributed by atoms with E-state index >= 15 is 0 Å². The van der Waals surface area contributed by atoms with Crippen LogP contribution in [0.1, 0.15) is 6.92 Å². The van der Waals surface area contributed by atoms with Crippen molar-refractivity contribution in [1.82, 2.24) is 0 Å². The van der Waals surface area contributed by atoms with Gasteiger partial charge in [-0.15, -0.1) is 0 Å². The van der Waals surface area contributed by atoms with Crippen LogP contribution in [0.5, 0.6) is 0 Å². The molecule has 1 amide bonds. The van der Waals surface area contributed by atoms with E-state index in [-0.39, 0.29) is 11.4 Å². The molecule has 0 aromatic heterocycles. The molecule has 0 aliphatic rings. The molecule has 1 aromatic carbocycles. The number of amides is 1. The van der Waals surface area contributed by atoms with Gasteiger partial charge in [-0.05, 0) is 13.0 Å².